The van der Waals surface area contributed by atoms with Gasteiger partial charge in [-0.1, -0.05) is 11.8 Å². The van der Waals surface area contributed by atoms with Gasteiger partial charge in [0.05, 0.1) is 16.3 Å². The van der Waals surface area contributed by atoms with Gasteiger partial charge in [-0.25, -0.2) is 4.79 Å². The average Bonchev–Trinajstić information content (AvgIpc) is 2.95. The van der Waals surface area contributed by atoms with Crippen LogP contribution in [0, 0.1) is 5.92 Å². The first-order chi connectivity index (χ1) is 12.3. The zero-order valence-electron chi connectivity index (χ0n) is 13.2. The number of amides is 1. The van der Waals surface area contributed by atoms with Gasteiger partial charge in [-0.3, -0.25) is 19.5 Å². The second-order valence-electron chi connectivity index (χ2n) is 5.66. The van der Waals surface area contributed by atoms with E-state index in [1.165, 1.54) is 12.4 Å². The maximum atomic E-state index is 12.5. The number of thioether (sulfide) groups is 2. The van der Waals surface area contributed by atoms with E-state index < -0.39 is 41.3 Å². The molecule has 3 rings (SSSR count). The molecule has 1 aromatic rings. The van der Waals surface area contributed by atoms with Crippen molar-refractivity contribution in [3.63, 3.8) is 0 Å². The molecule has 1 aromatic heterocycles. The fourth-order valence-corrected chi connectivity index (χ4v) is 5.51. The van der Waals surface area contributed by atoms with Crippen molar-refractivity contribution in [3.05, 3.63) is 40.0 Å². The van der Waals surface area contributed by atoms with Crippen molar-refractivity contribution in [2.75, 3.05) is 5.75 Å². The number of β-lactam (4-membered cyclic amide) rings is 1. The van der Waals surface area contributed by atoms with Gasteiger partial charge < -0.3 is 21.1 Å². The van der Waals surface area contributed by atoms with Crippen molar-refractivity contribution >= 4 is 41.4 Å². The van der Waals surface area contributed by atoms with E-state index in [1.807, 2.05) is 0 Å². The molecule has 0 aromatic carbocycles. The summed E-state index contributed by atoms with van der Waals surface area (Å²) in [7, 11) is 0. The predicted octanol–water partition coefficient (Wildman–Crippen LogP) is 0.0451. The first kappa shape index (κ1) is 18.7. The van der Waals surface area contributed by atoms with Crippen molar-refractivity contribution < 1.29 is 29.7 Å². The minimum atomic E-state index is -1.28. The molecule has 5 N–H and O–H groups in total. The summed E-state index contributed by atoms with van der Waals surface area (Å²) in [5, 5.41) is 28.2. The number of carbonyl (C=O) groups excluding carboxylic acids is 1. The van der Waals surface area contributed by atoms with Gasteiger partial charge >= 0.3 is 11.9 Å². The number of carboxylic acid groups (broad SMARTS) is 2. The number of nitrogens with two attached hydrogens (primary N) is 1. The standard InChI is InChI=1S/C15H15N3O6S2/c16-7(13(21)22)5-25-15-9(14(23)24)18-11(20)8(12(18)26-15)10(19)6-1-3-17-4-2-6/h1-4,7-8,10,12,19H,5,16H2,(H,21,22)(H,23,24)/t7-,8-,10?,12+/m0/s1. The minimum absolute atomic E-state index is 0.0270. The highest BCUT2D eigenvalue weighted by Gasteiger charge is 2.58. The molecule has 0 saturated carbocycles. The van der Waals surface area contributed by atoms with Crippen LogP contribution in [-0.2, 0) is 14.4 Å². The van der Waals surface area contributed by atoms with E-state index in [1.54, 1.807) is 12.1 Å². The summed E-state index contributed by atoms with van der Waals surface area (Å²) in [6, 6.07) is 2.03. The summed E-state index contributed by atoms with van der Waals surface area (Å²) in [6.07, 6.45) is 1.91. The van der Waals surface area contributed by atoms with E-state index in [-0.39, 0.29) is 11.4 Å². The lowest BCUT2D eigenvalue weighted by Crippen LogP contribution is -2.59. The van der Waals surface area contributed by atoms with Gasteiger partial charge in [0.15, 0.2) is 5.70 Å². The van der Waals surface area contributed by atoms with Crippen molar-refractivity contribution in [2.45, 2.75) is 17.5 Å². The number of aliphatic hydroxyl groups excluding tert-OH is 1. The van der Waals surface area contributed by atoms with Gasteiger partial charge in [0, 0.05) is 18.1 Å². The van der Waals surface area contributed by atoms with Gasteiger partial charge in [0.1, 0.15) is 11.4 Å². The molecule has 1 amide bonds. The molecule has 0 aliphatic carbocycles. The molecule has 0 radical (unpaired) electrons. The fraction of sp³-hybridized carbons (Fsp3) is 0.333. The molecule has 1 saturated heterocycles. The Labute approximate surface area is 156 Å². The number of rotatable bonds is 7. The highest BCUT2D eigenvalue weighted by Crippen LogP contribution is 2.55. The number of nitrogens with zero attached hydrogens (tertiary/aromatic N) is 2. The molecule has 3 heterocycles. The van der Waals surface area contributed by atoms with Crippen LogP contribution in [0.2, 0.25) is 0 Å². The Morgan fingerprint density at radius 3 is 2.58 bits per heavy atom. The number of pyridine rings is 1. The van der Waals surface area contributed by atoms with Gasteiger partial charge in [0.25, 0.3) is 0 Å². The Morgan fingerprint density at radius 1 is 1.35 bits per heavy atom. The zero-order valence-corrected chi connectivity index (χ0v) is 14.8. The number of aromatic nitrogens is 1. The number of fused-ring (bicyclic) bond motifs is 1. The monoisotopic (exact) mass is 397 g/mol. The minimum Gasteiger partial charge on any atom is -0.480 e. The number of aliphatic hydroxyl groups is 1. The van der Waals surface area contributed by atoms with E-state index in [0.29, 0.717) is 9.80 Å². The number of hydrogen-bond acceptors (Lipinski definition) is 8. The van der Waals surface area contributed by atoms with E-state index in [0.717, 1.165) is 28.4 Å². The van der Waals surface area contributed by atoms with Crippen LogP contribution in [0.1, 0.15) is 11.7 Å². The van der Waals surface area contributed by atoms with Gasteiger partial charge in [-0.05, 0) is 17.7 Å². The summed E-state index contributed by atoms with van der Waals surface area (Å²) < 4.78 is 0.317. The fourth-order valence-electron chi connectivity index (χ4n) is 2.70. The third kappa shape index (κ3) is 3.18. The third-order valence-corrected chi connectivity index (χ3v) is 6.82. The summed E-state index contributed by atoms with van der Waals surface area (Å²) in [5.41, 5.74) is 5.78. The SMILES string of the molecule is N[C@@H](CSC1=C(C(=O)O)N2C(=O)[C@H](C(O)c3ccncc3)[C@H]2S1)C(=O)O. The molecule has 2 aliphatic rings. The number of carboxylic acids is 2. The summed E-state index contributed by atoms with van der Waals surface area (Å²) in [6.45, 7) is 0. The van der Waals surface area contributed by atoms with Crippen LogP contribution in [0.15, 0.2) is 34.5 Å². The molecule has 4 atom stereocenters. The molecule has 2 aliphatic heterocycles. The molecule has 26 heavy (non-hydrogen) atoms. The lowest BCUT2D eigenvalue weighted by atomic mass is 9.87. The quantitative estimate of drug-likeness (QED) is 0.464. The molecule has 1 fully saturated rings. The van der Waals surface area contributed by atoms with E-state index in [9.17, 15) is 24.6 Å². The second-order valence-corrected chi connectivity index (χ2v) is 8.08. The summed E-state index contributed by atoms with van der Waals surface area (Å²) in [5.74, 6) is -3.77. The maximum Gasteiger partial charge on any atom is 0.354 e. The molecular weight excluding hydrogens is 382 g/mol. The van der Waals surface area contributed by atoms with Crippen molar-refractivity contribution in [1.29, 1.82) is 0 Å². The van der Waals surface area contributed by atoms with Gasteiger partial charge in [0.2, 0.25) is 5.91 Å². The molecule has 11 heteroatoms. The van der Waals surface area contributed by atoms with Crippen LogP contribution in [0.25, 0.3) is 0 Å². The van der Waals surface area contributed by atoms with Crippen LogP contribution in [0.3, 0.4) is 0 Å². The topological polar surface area (TPSA) is 154 Å². The van der Waals surface area contributed by atoms with Gasteiger partial charge in [-0.2, -0.15) is 0 Å². The van der Waals surface area contributed by atoms with E-state index in [4.69, 9.17) is 10.8 Å². The Kier molecular flexibility index (Phi) is 5.23. The molecule has 138 valence electrons. The normalized spacial score (nSPS) is 24.1. The highest BCUT2D eigenvalue weighted by atomic mass is 32.2. The van der Waals surface area contributed by atoms with E-state index in [2.05, 4.69) is 4.98 Å². The molecule has 1 unspecified atom stereocenters. The smallest absolute Gasteiger partial charge is 0.354 e. The molecule has 9 nitrogen and oxygen atoms in total. The average molecular weight is 397 g/mol. The largest absolute Gasteiger partial charge is 0.480 e. The predicted molar refractivity (Wildman–Crippen MR) is 93.6 cm³/mol. The second kappa shape index (κ2) is 7.27. The Hall–Kier alpha value is -2.08. The van der Waals surface area contributed by atoms with Crippen LogP contribution >= 0.6 is 23.5 Å². The lowest BCUT2D eigenvalue weighted by molar-refractivity contribution is -0.157. The van der Waals surface area contributed by atoms with Crippen molar-refractivity contribution in [2.24, 2.45) is 11.7 Å². The van der Waals surface area contributed by atoms with Crippen LogP contribution in [0.5, 0.6) is 0 Å². The summed E-state index contributed by atoms with van der Waals surface area (Å²) in [4.78, 5) is 39.9. The first-order valence-corrected chi connectivity index (χ1v) is 9.36. The Bertz CT molecular complexity index is 787. The molecular formula is C15H15N3O6S2. The zero-order chi connectivity index (χ0) is 19.0. The number of carbonyl (C=O) groups is 3. The number of hydrogen-bond donors (Lipinski definition) is 4. The third-order valence-electron chi connectivity index (χ3n) is 4.05. The molecule has 0 spiro atoms. The summed E-state index contributed by atoms with van der Waals surface area (Å²) >= 11 is 2.11. The Balaban J connectivity index is 1.78. The van der Waals surface area contributed by atoms with Crippen molar-refractivity contribution in [1.82, 2.24) is 9.88 Å². The van der Waals surface area contributed by atoms with Crippen LogP contribution < -0.4 is 5.73 Å². The first-order valence-electron chi connectivity index (χ1n) is 7.49. The highest BCUT2D eigenvalue weighted by molar-refractivity contribution is 8.22. The van der Waals surface area contributed by atoms with E-state index >= 15 is 0 Å². The Morgan fingerprint density at radius 2 is 2.00 bits per heavy atom. The number of aliphatic carboxylic acids is 2. The van der Waals surface area contributed by atoms with Gasteiger partial charge in [-0.15, -0.1) is 11.8 Å². The van der Waals surface area contributed by atoms with Crippen molar-refractivity contribution in [3.8, 4) is 0 Å². The molecule has 0 bridgehead atoms. The van der Waals surface area contributed by atoms with Crippen LogP contribution in [0.4, 0.5) is 0 Å². The lowest BCUT2D eigenvalue weighted by Gasteiger charge is -2.44. The maximum absolute atomic E-state index is 12.5. The van der Waals surface area contributed by atoms with Crippen LogP contribution in [-0.4, -0.2) is 60.2 Å².